The molecule has 0 bridgehead atoms. The van der Waals surface area contributed by atoms with Gasteiger partial charge in [0.1, 0.15) is 5.37 Å². The maximum atomic E-state index is 12.5. The average molecular weight is 397 g/mol. The van der Waals surface area contributed by atoms with Crippen molar-refractivity contribution in [1.29, 1.82) is 0 Å². The van der Waals surface area contributed by atoms with Crippen LogP contribution in [0.5, 0.6) is 0 Å². The summed E-state index contributed by atoms with van der Waals surface area (Å²) in [5.41, 5.74) is 4.05. The lowest BCUT2D eigenvalue weighted by molar-refractivity contribution is -0.116. The van der Waals surface area contributed by atoms with Gasteiger partial charge in [-0.2, -0.15) is 0 Å². The summed E-state index contributed by atoms with van der Waals surface area (Å²) in [5, 5.41) is 2.93. The molecule has 2 aromatic rings. The van der Waals surface area contributed by atoms with Crippen molar-refractivity contribution in [2.24, 2.45) is 0 Å². The number of rotatable bonds is 8. The van der Waals surface area contributed by atoms with E-state index in [4.69, 9.17) is 0 Å². The number of benzene rings is 2. The Morgan fingerprint density at radius 3 is 2.64 bits per heavy atom. The van der Waals surface area contributed by atoms with Gasteiger partial charge in [0.25, 0.3) is 0 Å². The number of aryl methyl sites for hydroxylation is 1. The van der Waals surface area contributed by atoms with Crippen molar-refractivity contribution in [2.45, 2.75) is 51.3 Å². The van der Waals surface area contributed by atoms with Crippen LogP contribution in [0.25, 0.3) is 0 Å². The Morgan fingerprint density at radius 2 is 1.93 bits per heavy atom. The van der Waals surface area contributed by atoms with Gasteiger partial charge in [0, 0.05) is 17.8 Å². The summed E-state index contributed by atoms with van der Waals surface area (Å²) in [4.78, 5) is 26.4. The third kappa shape index (κ3) is 4.96. The molecule has 0 spiro atoms. The van der Waals surface area contributed by atoms with Crippen molar-refractivity contribution in [3.63, 3.8) is 0 Å². The lowest BCUT2D eigenvalue weighted by atomic mass is 10.1. The molecule has 2 amide bonds. The van der Waals surface area contributed by atoms with Gasteiger partial charge < -0.3 is 5.32 Å². The van der Waals surface area contributed by atoms with E-state index in [1.165, 1.54) is 5.56 Å². The summed E-state index contributed by atoms with van der Waals surface area (Å²) in [5.74, 6) is 0.679. The van der Waals surface area contributed by atoms with E-state index in [-0.39, 0.29) is 17.2 Å². The fraction of sp³-hybridized carbons (Fsp3) is 0.391. The Bertz CT molecular complexity index is 820. The van der Waals surface area contributed by atoms with Crippen LogP contribution >= 0.6 is 11.8 Å². The summed E-state index contributed by atoms with van der Waals surface area (Å²) in [7, 11) is 0. The molecule has 2 aromatic carbocycles. The first kappa shape index (κ1) is 20.5. The van der Waals surface area contributed by atoms with E-state index >= 15 is 0 Å². The zero-order valence-corrected chi connectivity index (χ0v) is 17.4. The molecule has 148 valence electrons. The van der Waals surface area contributed by atoms with E-state index in [0.717, 1.165) is 42.6 Å². The summed E-state index contributed by atoms with van der Waals surface area (Å²) in [6.07, 6.45) is 4.61. The van der Waals surface area contributed by atoms with E-state index in [1.807, 2.05) is 41.3 Å². The standard InChI is InChI=1S/C23H28N2O2S/c1-3-5-6-10-21(26)24-19-13-11-18(12-14-19)23-25(22(27)16-28-23)20-9-7-8-17(4-2)15-20/h7-9,11-15,23H,3-6,10,16H2,1-2H3,(H,24,26)/t23-/m1/s1. The predicted octanol–water partition coefficient (Wildman–Crippen LogP) is 5.55. The Balaban J connectivity index is 1.71. The Kier molecular flexibility index (Phi) is 7.15. The SMILES string of the molecule is CCCCCC(=O)Nc1ccc([C@H]2SCC(=O)N2c2cccc(CC)c2)cc1. The molecule has 1 N–H and O–H groups in total. The number of amides is 2. The van der Waals surface area contributed by atoms with E-state index in [2.05, 4.69) is 31.3 Å². The molecule has 5 heteroatoms. The molecule has 0 unspecified atom stereocenters. The van der Waals surface area contributed by atoms with Crippen LogP contribution in [0, 0.1) is 0 Å². The summed E-state index contributed by atoms with van der Waals surface area (Å²) < 4.78 is 0. The van der Waals surface area contributed by atoms with Crippen LogP contribution in [-0.4, -0.2) is 17.6 Å². The number of carbonyl (C=O) groups is 2. The smallest absolute Gasteiger partial charge is 0.238 e. The van der Waals surface area contributed by atoms with Crippen LogP contribution < -0.4 is 10.2 Å². The number of thioether (sulfide) groups is 1. The lowest BCUT2D eigenvalue weighted by Crippen LogP contribution is -2.27. The van der Waals surface area contributed by atoms with Crippen molar-refractivity contribution in [1.82, 2.24) is 0 Å². The van der Waals surface area contributed by atoms with Gasteiger partial charge in [-0.1, -0.05) is 51.0 Å². The first-order valence-corrected chi connectivity index (χ1v) is 11.1. The first-order chi connectivity index (χ1) is 13.6. The molecule has 1 heterocycles. The highest BCUT2D eigenvalue weighted by molar-refractivity contribution is 8.00. The second-order valence-electron chi connectivity index (χ2n) is 7.08. The number of unbranched alkanes of at least 4 members (excludes halogenated alkanes) is 2. The fourth-order valence-electron chi connectivity index (χ4n) is 3.37. The van der Waals surface area contributed by atoms with E-state index in [9.17, 15) is 9.59 Å². The van der Waals surface area contributed by atoms with Gasteiger partial charge in [-0.15, -0.1) is 11.8 Å². The minimum absolute atomic E-state index is 0.0334. The molecule has 1 fully saturated rings. The van der Waals surface area contributed by atoms with Crippen LogP contribution in [0.15, 0.2) is 48.5 Å². The Labute approximate surface area is 171 Å². The third-order valence-electron chi connectivity index (χ3n) is 4.95. The van der Waals surface area contributed by atoms with Gasteiger partial charge in [-0.05, 0) is 48.2 Å². The van der Waals surface area contributed by atoms with E-state index in [0.29, 0.717) is 12.2 Å². The molecule has 0 saturated carbocycles. The molecule has 28 heavy (non-hydrogen) atoms. The highest BCUT2D eigenvalue weighted by atomic mass is 32.2. The minimum Gasteiger partial charge on any atom is -0.326 e. The maximum absolute atomic E-state index is 12.5. The largest absolute Gasteiger partial charge is 0.326 e. The number of nitrogens with one attached hydrogen (secondary N) is 1. The molecule has 0 radical (unpaired) electrons. The van der Waals surface area contributed by atoms with Gasteiger partial charge in [0.15, 0.2) is 0 Å². The number of nitrogens with zero attached hydrogens (tertiary/aromatic N) is 1. The average Bonchev–Trinajstić information content (AvgIpc) is 3.10. The van der Waals surface area contributed by atoms with Crippen molar-refractivity contribution in [3.8, 4) is 0 Å². The number of anilines is 2. The highest BCUT2D eigenvalue weighted by Gasteiger charge is 2.34. The number of hydrogen-bond donors (Lipinski definition) is 1. The topological polar surface area (TPSA) is 49.4 Å². The van der Waals surface area contributed by atoms with Gasteiger partial charge in [0.2, 0.25) is 11.8 Å². The second kappa shape index (κ2) is 9.78. The summed E-state index contributed by atoms with van der Waals surface area (Å²) in [6, 6.07) is 16.1. The Morgan fingerprint density at radius 1 is 1.14 bits per heavy atom. The highest BCUT2D eigenvalue weighted by Crippen LogP contribution is 2.42. The normalized spacial score (nSPS) is 16.4. The van der Waals surface area contributed by atoms with Crippen molar-refractivity contribution >= 4 is 35.0 Å². The second-order valence-corrected chi connectivity index (χ2v) is 8.15. The molecular formula is C23H28N2O2S. The summed E-state index contributed by atoms with van der Waals surface area (Å²) >= 11 is 1.64. The Hall–Kier alpha value is -2.27. The lowest BCUT2D eigenvalue weighted by Gasteiger charge is -2.25. The van der Waals surface area contributed by atoms with Crippen molar-refractivity contribution < 1.29 is 9.59 Å². The van der Waals surface area contributed by atoms with Crippen molar-refractivity contribution in [3.05, 3.63) is 59.7 Å². The fourth-order valence-corrected chi connectivity index (χ4v) is 4.54. The first-order valence-electron chi connectivity index (χ1n) is 10.0. The zero-order chi connectivity index (χ0) is 19.9. The summed E-state index contributed by atoms with van der Waals surface area (Å²) in [6.45, 7) is 4.25. The van der Waals surface area contributed by atoms with E-state index < -0.39 is 0 Å². The van der Waals surface area contributed by atoms with Crippen LogP contribution in [-0.2, 0) is 16.0 Å². The molecular weight excluding hydrogens is 368 g/mol. The molecule has 3 rings (SSSR count). The monoisotopic (exact) mass is 396 g/mol. The zero-order valence-electron chi connectivity index (χ0n) is 16.6. The molecule has 0 aromatic heterocycles. The molecule has 1 atom stereocenters. The van der Waals surface area contributed by atoms with Crippen LogP contribution in [0.1, 0.15) is 56.0 Å². The molecule has 1 aliphatic rings. The molecule has 1 aliphatic heterocycles. The maximum Gasteiger partial charge on any atom is 0.238 e. The number of carbonyl (C=O) groups excluding carboxylic acids is 2. The van der Waals surface area contributed by atoms with Crippen LogP contribution in [0.4, 0.5) is 11.4 Å². The van der Waals surface area contributed by atoms with Crippen LogP contribution in [0.2, 0.25) is 0 Å². The minimum atomic E-state index is -0.0334. The number of hydrogen-bond acceptors (Lipinski definition) is 3. The van der Waals surface area contributed by atoms with Crippen LogP contribution in [0.3, 0.4) is 0 Å². The quantitative estimate of drug-likeness (QED) is 0.596. The van der Waals surface area contributed by atoms with E-state index in [1.54, 1.807) is 11.8 Å². The predicted molar refractivity (Wildman–Crippen MR) is 118 cm³/mol. The molecule has 0 aliphatic carbocycles. The van der Waals surface area contributed by atoms with Crippen molar-refractivity contribution in [2.75, 3.05) is 16.0 Å². The van der Waals surface area contributed by atoms with Gasteiger partial charge in [0.05, 0.1) is 5.75 Å². The molecule has 4 nitrogen and oxygen atoms in total. The third-order valence-corrected chi connectivity index (χ3v) is 6.16. The molecule has 1 saturated heterocycles. The van der Waals surface area contributed by atoms with Gasteiger partial charge >= 0.3 is 0 Å². The van der Waals surface area contributed by atoms with Gasteiger partial charge in [-0.25, -0.2) is 0 Å². The van der Waals surface area contributed by atoms with Gasteiger partial charge in [-0.3, -0.25) is 14.5 Å².